The van der Waals surface area contributed by atoms with Crippen LogP contribution in [0.5, 0.6) is 0 Å². The molecule has 0 aromatic heterocycles. The van der Waals surface area contributed by atoms with Gasteiger partial charge in [-0.25, -0.2) is 4.39 Å². The third kappa shape index (κ3) is 2.98. The van der Waals surface area contributed by atoms with Crippen LogP contribution in [-0.2, 0) is 25.8 Å². The minimum Gasteiger partial charge on any atom is -0.304 e. The molecular weight excluding hydrogens is 395 g/mol. The van der Waals surface area contributed by atoms with E-state index in [-0.39, 0.29) is 17.6 Å². The van der Waals surface area contributed by atoms with E-state index >= 15 is 0 Å². The summed E-state index contributed by atoms with van der Waals surface area (Å²) in [6.07, 6.45) is 0. The molecule has 29 heavy (non-hydrogen) atoms. The van der Waals surface area contributed by atoms with E-state index in [1.54, 1.807) is 42.5 Å². The number of hydrogen-bond donors (Lipinski definition) is 1. The first-order valence-corrected chi connectivity index (χ1v) is 9.67. The highest BCUT2D eigenvalue weighted by Crippen LogP contribution is 2.54. The molecule has 2 aromatic rings. The van der Waals surface area contributed by atoms with Crippen molar-refractivity contribution in [3.05, 3.63) is 65.5 Å². The van der Waals surface area contributed by atoms with Crippen LogP contribution in [0.3, 0.4) is 0 Å². The number of halogens is 1. The van der Waals surface area contributed by atoms with E-state index in [1.165, 1.54) is 24.8 Å². The highest BCUT2D eigenvalue weighted by molar-refractivity contribution is 8.15. The number of rotatable bonds is 2. The van der Waals surface area contributed by atoms with Crippen LogP contribution in [0.1, 0.15) is 25.0 Å². The molecule has 4 rings (SSSR count). The molecule has 148 valence electrons. The molecular formula is C20H17FN4O3S. The number of nitrogens with one attached hydrogen (secondary N) is 1. The maximum atomic E-state index is 14.2. The van der Waals surface area contributed by atoms with Gasteiger partial charge in [0.1, 0.15) is 5.82 Å². The number of hydrazone groups is 1. The third-order valence-electron chi connectivity index (χ3n) is 4.70. The van der Waals surface area contributed by atoms with Crippen LogP contribution < -0.4 is 10.2 Å². The predicted octanol–water partition coefficient (Wildman–Crippen LogP) is 2.53. The second kappa shape index (κ2) is 7.00. The van der Waals surface area contributed by atoms with Crippen LogP contribution in [0.4, 0.5) is 10.1 Å². The fourth-order valence-electron chi connectivity index (χ4n) is 3.52. The second-order valence-corrected chi connectivity index (χ2v) is 7.84. The summed E-state index contributed by atoms with van der Waals surface area (Å²) in [4.78, 5) is 37.5. The number of thioether (sulfide) groups is 1. The van der Waals surface area contributed by atoms with Crippen molar-refractivity contribution in [3.8, 4) is 0 Å². The van der Waals surface area contributed by atoms with Crippen LogP contribution in [0.2, 0.25) is 0 Å². The summed E-state index contributed by atoms with van der Waals surface area (Å²) >= 11 is 0.993. The zero-order chi connectivity index (χ0) is 20.8. The topological polar surface area (TPSA) is 82.1 Å². The lowest BCUT2D eigenvalue weighted by atomic mass is 10.1. The second-order valence-electron chi connectivity index (χ2n) is 6.66. The number of carbonyl (C=O) groups excluding carboxylic acids is 3. The molecule has 0 aliphatic carbocycles. The lowest BCUT2D eigenvalue weighted by Gasteiger charge is -2.29. The van der Waals surface area contributed by atoms with E-state index in [1.807, 2.05) is 0 Å². The molecule has 7 nitrogen and oxygen atoms in total. The molecule has 1 N–H and O–H groups in total. The zero-order valence-electron chi connectivity index (χ0n) is 15.7. The smallest absolute Gasteiger partial charge is 0.271 e. The number of benzene rings is 2. The Labute approximate surface area is 170 Å². The normalized spacial score (nSPS) is 20.1. The average molecular weight is 412 g/mol. The highest BCUT2D eigenvalue weighted by Gasteiger charge is 2.61. The lowest BCUT2D eigenvalue weighted by molar-refractivity contribution is -0.139. The summed E-state index contributed by atoms with van der Waals surface area (Å²) < 4.78 is 14.2. The van der Waals surface area contributed by atoms with E-state index in [2.05, 4.69) is 10.4 Å². The number of hydrogen-bond acceptors (Lipinski definition) is 5. The first-order chi connectivity index (χ1) is 13.8. The van der Waals surface area contributed by atoms with Crippen molar-refractivity contribution >= 4 is 40.3 Å². The molecule has 9 heteroatoms. The standard InChI is InChI=1S/C20H17FN4O3S/c1-12(26)22-19-23-25(13(2)27)20(29-19)15-8-4-6-10-17(15)24(18(20)28)11-14-7-3-5-9-16(14)21/h3-10H,11H2,1-2H3,(H,22,23,26)/t20-/m0/s1. The molecule has 3 amide bonds. The van der Waals surface area contributed by atoms with Gasteiger partial charge < -0.3 is 10.2 Å². The molecule has 1 spiro atoms. The Morgan fingerprint density at radius 1 is 1.14 bits per heavy atom. The van der Waals surface area contributed by atoms with E-state index < -0.39 is 22.5 Å². The van der Waals surface area contributed by atoms with Gasteiger partial charge in [-0.05, 0) is 23.9 Å². The van der Waals surface area contributed by atoms with Crippen molar-refractivity contribution in [1.82, 2.24) is 10.3 Å². The number of amidine groups is 1. The predicted molar refractivity (Wildman–Crippen MR) is 107 cm³/mol. The first-order valence-electron chi connectivity index (χ1n) is 8.85. The van der Waals surface area contributed by atoms with Crippen molar-refractivity contribution in [3.63, 3.8) is 0 Å². The van der Waals surface area contributed by atoms with Gasteiger partial charge in [-0.1, -0.05) is 36.4 Å². The summed E-state index contributed by atoms with van der Waals surface area (Å²) in [6.45, 7) is 2.63. The van der Waals surface area contributed by atoms with Crippen molar-refractivity contribution in [2.45, 2.75) is 25.3 Å². The van der Waals surface area contributed by atoms with Gasteiger partial charge in [0.15, 0.2) is 5.17 Å². The molecule has 0 saturated heterocycles. The zero-order valence-corrected chi connectivity index (χ0v) is 16.5. The largest absolute Gasteiger partial charge is 0.304 e. The fourth-order valence-corrected chi connectivity index (χ4v) is 4.85. The maximum absolute atomic E-state index is 14.2. The quantitative estimate of drug-likeness (QED) is 0.822. The fraction of sp³-hybridized carbons (Fsp3) is 0.200. The van der Waals surface area contributed by atoms with Gasteiger partial charge >= 0.3 is 0 Å². The van der Waals surface area contributed by atoms with Gasteiger partial charge in [-0.15, -0.1) is 5.10 Å². The van der Waals surface area contributed by atoms with Gasteiger partial charge in [0.2, 0.25) is 16.7 Å². The number of carbonyl (C=O) groups is 3. The van der Waals surface area contributed by atoms with Crippen LogP contribution in [0.25, 0.3) is 0 Å². The third-order valence-corrected chi connectivity index (χ3v) is 5.94. The lowest BCUT2D eigenvalue weighted by Crippen LogP contribution is -2.48. The average Bonchev–Trinajstić information content (AvgIpc) is 3.16. The molecule has 1 atom stereocenters. The molecule has 2 heterocycles. The first kappa shape index (κ1) is 19.1. The summed E-state index contributed by atoms with van der Waals surface area (Å²) in [5, 5.41) is 7.98. The number of fused-ring (bicyclic) bond motifs is 2. The van der Waals surface area contributed by atoms with Crippen LogP contribution in [0.15, 0.2) is 53.6 Å². The van der Waals surface area contributed by atoms with Crippen LogP contribution >= 0.6 is 11.8 Å². The van der Waals surface area contributed by atoms with Gasteiger partial charge in [0.05, 0.1) is 12.2 Å². The molecule has 0 unspecified atom stereocenters. The Morgan fingerprint density at radius 2 is 1.83 bits per heavy atom. The van der Waals surface area contributed by atoms with Crippen LogP contribution in [-0.4, -0.2) is 27.9 Å². The van der Waals surface area contributed by atoms with E-state index in [9.17, 15) is 18.8 Å². The van der Waals surface area contributed by atoms with E-state index in [4.69, 9.17) is 0 Å². The maximum Gasteiger partial charge on any atom is 0.271 e. The summed E-state index contributed by atoms with van der Waals surface area (Å²) in [7, 11) is 0. The Kier molecular flexibility index (Phi) is 4.62. The molecule has 0 bridgehead atoms. The monoisotopic (exact) mass is 412 g/mol. The number of para-hydroxylation sites is 1. The Bertz CT molecular complexity index is 1070. The Balaban J connectivity index is 1.81. The van der Waals surface area contributed by atoms with E-state index in [0.29, 0.717) is 16.8 Å². The highest BCUT2D eigenvalue weighted by atomic mass is 32.2. The number of anilines is 1. The van der Waals surface area contributed by atoms with Gasteiger partial charge in [-0.3, -0.25) is 14.4 Å². The molecule has 0 radical (unpaired) electrons. The van der Waals surface area contributed by atoms with Gasteiger partial charge in [-0.2, -0.15) is 5.01 Å². The van der Waals surface area contributed by atoms with Crippen molar-refractivity contribution < 1.29 is 18.8 Å². The SMILES string of the molecule is CC(=O)NC1=NN(C(C)=O)[C@@]2(S1)C(=O)N(Cc1ccccc1F)c1ccccc12. The summed E-state index contributed by atoms with van der Waals surface area (Å²) in [5.74, 6) is -1.66. The minimum atomic E-state index is -1.48. The molecule has 0 fully saturated rings. The minimum absolute atomic E-state index is 0.00600. The summed E-state index contributed by atoms with van der Waals surface area (Å²) in [5.41, 5.74) is 1.48. The molecule has 2 aliphatic rings. The molecule has 0 saturated carbocycles. The Morgan fingerprint density at radius 3 is 2.52 bits per heavy atom. The molecule has 2 aliphatic heterocycles. The summed E-state index contributed by atoms with van der Waals surface area (Å²) in [6, 6.07) is 13.2. The number of amides is 3. The van der Waals surface area contributed by atoms with Crippen molar-refractivity contribution in [2.24, 2.45) is 5.10 Å². The van der Waals surface area contributed by atoms with Gasteiger partial charge in [0.25, 0.3) is 5.91 Å². The van der Waals surface area contributed by atoms with Gasteiger partial charge in [0, 0.05) is 25.0 Å². The van der Waals surface area contributed by atoms with E-state index in [0.717, 1.165) is 16.8 Å². The van der Waals surface area contributed by atoms with Crippen LogP contribution in [0, 0.1) is 5.82 Å². The molecule has 2 aromatic carbocycles. The van der Waals surface area contributed by atoms with Crippen molar-refractivity contribution in [2.75, 3.05) is 4.90 Å². The number of nitrogens with zero attached hydrogens (tertiary/aromatic N) is 3. The Hall–Kier alpha value is -3.20. The van der Waals surface area contributed by atoms with Crippen molar-refractivity contribution in [1.29, 1.82) is 0 Å².